The van der Waals surface area contributed by atoms with Gasteiger partial charge in [0, 0.05) is 43.6 Å². The minimum absolute atomic E-state index is 0.0632. The molecule has 1 aliphatic heterocycles. The third kappa shape index (κ3) is 9.38. The van der Waals surface area contributed by atoms with Crippen LogP contribution in [0.25, 0.3) is 22.2 Å². The molecule has 0 saturated carbocycles. The molecule has 3 aromatic carbocycles. The molecule has 0 aliphatic carbocycles. The maximum Gasteiger partial charge on any atom is 0.416 e. The van der Waals surface area contributed by atoms with Crippen LogP contribution in [0, 0.1) is 11.6 Å². The van der Waals surface area contributed by atoms with Crippen molar-refractivity contribution in [1.82, 2.24) is 19.4 Å². The van der Waals surface area contributed by atoms with Gasteiger partial charge in [-0.2, -0.15) is 13.2 Å². The molecule has 2 aromatic heterocycles. The second-order valence-corrected chi connectivity index (χ2v) is 14.7. The van der Waals surface area contributed by atoms with Gasteiger partial charge in [-0.1, -0.05) is 48.5 Å². The van der Waals surface area contributed by atoms with Gasteiger partial charge < -0.3 is 19.1 Å². The van der Waals surface area contributed by atoms with Crippen molar-refractivity contribution in [3.63, 3.8) is 0 Å². The van der Waals surface area contributed by atoms with E-state index < -0.39 is 35.1 Å². The van der Waals surface area contributed by atoms with Crippen LogP contribution in [0.3, 0.4) is 0 Å². The number of halogens is 5. The molecular weight excluding hydrogens is 719 g/mol. The highest BCUT2D eigenvalue weighted by atomic mass is 19.4. The second kappa shape index (κ2) is 16.0. The van der Waals surface area contributed by atoms with Crippen molar-refractivity contribution < 1.29 is 36.3 Å². The number of aryl methyl sites for hydroxylation is 2. The topological polar surface area (TPSA) is 84.7 Å². The third-order valence-corrected chi connectivity index (χ3v) is 9.66. The minimum Gasteiger partial charge on any atom is -0.444 e. The Balaban J connectivity index is 1.29. The number of carbonyl (C=O) groups excluding carboxylic acids is 2. The molecule has 0 atom stereocenters. The van der Waals surface area contributed by atoms with Gasteiger partial charge in [-0.3, -0.25) is 9.59 Å². The number of hydrogen-bond donors (Lipinski definition) is 0. The Bertz CT molecular complexity index is 2220. The lowest BCUT2D eigenvalue weighted by molar-refractivity contribution is -0.137. The highest BCUT2D eigenvalue weighted by Crippen LogP contribution is 2.31. The number of aromatic nitrogens is 2. The lowest BCUT2D eigenvalue weighted by Gasteiger charge is -2.39. The smallest absolute Gasteiger partial charge is 0.416 e. The Hall–Kier alpha value is -5.59. The Morgan fingerprint density at radius 1 is 0.873 bits per heavy atom. The van der Waals surface area contributed by atoms with E-state index in [4.69, 9.17) is 4.74 Å². The molecule has 3 heterocycles. The van der Waals surface area contributed by atoms with Gasteiger partial charge in [0.05, 0.1) is 10.9 Å². The van der Waals surface area contributed by atoms with Crippen LogP contribution >= 0.6 is 0 Å². The Kier molecular flexibility index (Phi) is 11.4. The van der Waals surface area contributed by atoms with E-state index in [0.717, 1.165) is 23.8 Å². The van der Waals surface area contributed by atoms with Gasteiger partial charge >= 0.3 is 12.3 Å². The van der Waals surface area contributed by atoms with Crippen molar-refractivity contribution in [2.45, 2.75) is 77.4 Å². The van der Waals surface area contributed by atoms with E-state index in [9.17, 15) is 36.3 Å². The summed E-state index contributed by atoms with van der Waals surface area (Å²) in [5.41, 5.74) is 1.17. The molecule has 55 heavy (non-hydrogen) atoms. The number of fused-ring (bicyclic) bond motifs is 1. The molecule has 0 radical (unpaired) electrons. The first kappa shape index (κ1) is 39.1. The van der Waals surface area contributed by atoms with E-state index in [1.165, 1.54) is 36.5 Å². The lowest BCUT2D eigenvalue weighted by atomic mass is 10.00. The summed E-state index contributed by atoms with van der Waals surface area (Å²) in [6.45, 7) is 6.04. The zero-order valence-electron chi connectivity index (χ0n) is 30.7. The molecule has 6 rings (SSSR count). The van der Waals surface area contributed by atoms with E-state index in [0.29, 0.717) is 48.1 Å². The molecular formula is C42H41F5N4O4. The average molecular weight is 761 g/mol. The first-order valence-corrected chi connectivity index (χ1v) is 18.0. The first-order valence-electron chi connectivity index (χ1n) is 18.0. The second-order valence-electron chi connectivity index (χ2n) is 14.7. The van der Waals surface area contributed by atoms with Crippen LogP contribution in [-0.4, -0.2) is 56.1 Å². The normalized spacial score (nSPS) is 13.9. The van der Waals surface area contributed by atoms with E-state index in [-0.39, 0.29) is 54.5 Å². The number of alkyl halides is 3. The number of hydrogen-bond acceptors (Lipinski definition) is 5. The molecule has 1 saturated heterocycles. The number of rotatable bonds is 9. The molecule has 0 bridgehead atoms. The van der Waals surface area contributed by atoms with Crippen LogP contribution in [0.4, 0.5) is 26.7 Å². The number of benzene rings is 3. The summed E-state index contributed by atoms with van der Waals surface area (Å²) in [6.07, 6.45) is -2.26. The number of pyridine rings is 2. The van der Waals surface area contributed by atoms with Gasteiger partial charge in [0.2, 0.25) is 5.91 Å². The molecule has 1 fully saturated rings. The average Bonchev–Trinajstić information content (AvgIpc) is 3.15. The van der Waals surface area contributed by atoms with Gasteiger partial charge in [-0.25, -0.2) is 18.6 Å². The van der Waals surface area contributed by atoms with Gasteiger partial charge in [0.25, 0.3) is 0 Å². The van der Waals surface area contributed by atoms with E-state index in [1.54, 1.807) is 59.4 Å². The molecule has 1 aliphatic rings. The monoisotopic (exact) mass is 760 g/mol. The fourth-order valence-electron chi connectivity index (χ4n) is 6.82. The summed E-state index contributed by atoms with van der Waals surface area (Å²) in [5, 5.41) is 0.298. The van der Waals surface area contributed by atoms with Crippen LogP contribution < -0.4 is 5.43 Å². The Labute approximate surface area is 315 Å². The fourth-order valence-corrected chi connectivity index (χ4v) is 6.82. The van der Waals surface area contributed by atoms with E-state index in [2.05, 4.69) is 4.98 Å². The van der Waals surface area contributed by atoms with Gasteiger partial charge in [-0.05, 0) is 99.0 Å². The quantitative estimate of drug-likeness (QED) is 0.141. The molecule has 13 heteroatoms. The van der Waals surface area contributed by atoms with Crippen LogP contribution in [0.5, 0.6) is 0 Å². The summed E-state index contributed by atoms with van der Waals surface area (Å²) >= 11 is 0. The molecule has 0 N–H and O–H groups in total. The van der Waals surface area contributed by atoms with E-state index >= 15 is 0 Å². The molecule has 288 valence electrons. The highest BCUT2D eigenvalue weighted by molar-refractivity contribution is 5.81. The van der Waals surface area contributed by atoms with Crippen molar-refractivity contribution in [3.8, 4) is 11.1 Å². The number of ether oxygens (including phenoxy) is 1. The molecule has 8 nitrogen and oxygen atoms in total. The molecule has 5 aromatic rings. The minimum atomic E-state index is -4.45. The Morgan fingerprint density at radius 2 is 1.53 bits per heavy atom. The first-order chi connectivity index (χ1) is 26.1. The summed E-state index contributed by atoms with van der Waals surface area (Å²) < 4.78 is 75.2. The number of carbonyl (C=O) groups is 2. The summed E-state index contributed by atoms with van der Waals surface area (Å²) in [5.74, 6) is -2.25. The summed E-state index contributed by atoms with van der Waals surface area (Å²) in [7, 11) is 0. The fraction of sp³-hybridized carbons (Fsp3) is 0.333. The molecule has 0 unspecified atom stereocenters. The van der Waals surface area contributed by atoms with Crippen molar-refractivity contribution in [1.29, 1.82) is 0 Å². The maximum absolute atomic E-state index is 14.6. The zero-order chi connectivity index (χ0) is 39.5. The number of amides is 2. The van der Waals surface area contributed by atoms with Crippen molar-refractivity contribution >= 4 is 23.0 Å². The van der Waals surface area contributed by atoms with Crippen LogP contribution in [0.2, 0.25) is 0 Å². The van der Waals surface area contributed by atoms with Crippen LogP contribution in [-0.2, 0) is 41.6 Å². The predicted octanol–water partition coefficient (Wildman–Crippen LogP) is 8.57. The number of piperidine rings is 1. The third-order valence-electron chi connectivity index (χ3n) is 9.66. The molecule has 2 amide bonds. The predicted molar refractivity (Wildman–Crippen MR) is 198 cm³/mol. The summed E-state index contributed by atoms with van der Waals surface area (Å²) in [6, 6.07) is 20.4. The largest absolute Gasteiger partial charge is 0.444 e. The SMILES string of the molecule is CC(C)(C)OC(=O)N1CCC(N(Cc2ccc(-c3ccc(C(F)(F)F)cc3)cc2)C(=O)Cn2c(CCc3cccc(F)c3F)cc(=O)c3cccnc32)CC1. The summed E-state index contributed by atoms with van der Waals surface area (Å²) in [4.78, 5) is 48.4. The van der Waals surface area contributed by atoms with Crippen LogP contribution in [0.15, 0.2) is 95.9 Å². The lowest BCUT2D eigenvalue weighted by Crippen LogP contribution is -2.50. The van der Waals surface area contributed by atoms with Gasteiger partial charge in [-0.15, -0.1) is 0 Å². The maximum atomic E-state index is 14.6. The Morgan fingerprint density at radius 3 is 2.16 bits per heavy atom. The number of likely N-dealkylation sites (tertiary alicyclic amines) is 1. The number of nitrogens with zero attached hydrogens (tertiary/aromatic N) is 4. The molecule has 0 spiro atoms. The van der Waals surface area contributed by atoms with Crippen LogP contribution in [0.1, 0.15) is 56.0 Å². The van der Waals surface area contributed by atoms with Crippen molar-refractivity contribution in [3.05, 3.63) is 135 Å². The van der Waals surface area contributed by atoms with Crippen molar-refractivity contribution in [2.24, 2.45) is 0 Å². The highest BCUT2D eigenvalue weighted by Gasteiger charge is 2.33. The van der Waals surface area contributed by atoms with E-state index in [1.807, 2.05) is 12.1 Å². The standard InChI is InChI=1S/C42H41F5N4O4/c1-41(2,3)55-40(54)49-22-19-32(20-23-49)50(25-27-9-11-28(12-10-27)29-13-16-31(17-14-29)42(45,46)47)37(53)26-51-33(18-15-30-6-4-8-35(43)38(30)44)24-36(52)34-7-5-21-48-39(34)51/h4-14,16-17,21,24,32H,15,18-20,22-23,25-26H2,1-3H3. The van der Waals surface area contributed by atoms with Gasteiger partial charge in [0.1, 0.15) is 17.8 Å². The zero-order valence-corrected chi connectivity index (χ0v) is 30.7. The van der Waals surface area contributed by atoms with Gasteiger partial charge in [0.15, 0.2) is 17.1 Å². The van der Waals surface area contributed by atoms with Crippen molar-refractivity contribution in [2.75, 3.05) is 13.1 Å².